The van der Waals surface area contributed by atoms with Gasteiger partial charge in [-0.2, -0.15) is 0 Å². The van der Waals surface area contributed by atoms with Gasteiger partial charge in [-0.1, -0.05) is 61.3 Å². The van der Waals surface area contributed by atoms with Crippen LogP contribution < -0.4 is 10.1 Å². The number of benzene rings is 2. The Hall–Kier alpha value is -2.08. The number of amides is 1. The first-order valence-electron chi connectivity index (χ1n) is 8.82. The molecule has 3 rings (SSSR count). The summed E-state index contributed by atoms with van der Waals surface area (Å²) in [4.78, 5) is 17.3. The summed E-state index contributed by atoms with van der Waals surface area (Å²) in [5.41, 5.74) is 2.15. The summed E-state index contributed by atoms with van der Waals surface area (Å²) in [7, 11) is 0. The molecule has 0 aliphatic heterocycles. The first-order valence-corrected chi connectivity index (χ1v) is 10.4. The molecule has 0 unspecified atom stereocenters. The zero-order chi connectivity index (χ0) is 20.1. The van der Waals surface area contributed by atoms with Gasteiger partial charge >= 0.3 is 0 Å². The van der Waals surface area contributed by atoms with Crippen molar-refractivity contribution in [2.45, 2.75) is 26.2 Å². The van der Waals surface area contributed by atoms with Gasteiger partial charge < -0.3 is 4.74 Å². The van der Waals surface area contributed by atoms with E-state index < -0.39 is 0 Å². The van der Waals surface area contributed by atoms with Crippen LogP contribution in [-0.2, 0) is 11.2 Å². The molecule has 0 fully saturated rings. The number of ether oxygens (including phenoxy) is 1. The van der Waals surface area contributed by atoms with Gasteiger partial charge in [0.2, 0.25) is 0 Å². The second-order valence-corrected chi connectivity index (χ2v) is 8.48. The van der Waals surface area contributed by atoms with Crippen LogP contribution in [0.5, 0.6) is 5.75 Å². The summed E-state index contributed by atoms with van der Waals surface area (Å²) < 4.78 is 5.54. The fraction of sp³-hybridized carbons (Fsp3) is 0.238. The molecule has 1 N–H and O–H groups in total. The van der Waals surface area contributed by atoms with Crippen LogP contribution in [0.25, 0.3) is 0 Å². The van der Waals surface area contributed by atoms with Crippen molar-refractivity contribution in [3.8, 4) is 5.75 Å². The van der Waals surface area contributed by atoms with Crippen LogP contribution in [0.3, 0.4) is 0 Å². The number of carbonyl (C=O) groups is 1. The molecule has 0 aliphatic carbocycles. The third-order valence-corrected chi connectivity index (χ3v) is 5.88. The standard InChI is InChI=1S/C21H20Cl2N2O2S/c1-13(2)14-6-8-16(9-7-14)27-12-19(26)25-21-24-11-17(28-21)10-15-4-3-5-18(22)20(15)23/h3-9,11,13H,10,12H2,1-2H3,(H,24,25,26). The quantitative estimate of drug-likeness (QED) is 0.482. The maximum Gasteiger partial charge on any atom is 0.264 e. The smallest absolute Gasteiger partial charge is 0.264 e. The Bertz CT molecular complexity index is 955. The normalized spacial score (nSPS) is 10.9. The Labute approximate surface area is 178 Å². The highest BCUT2D eigenvalue weighted by molar-refractivity contribution is 7.15. The predicted molar refractivity (Wildman–Crippen MR) is 116 cm³/mol. The predicted octanol–water partition coefficient (Wildman–Crippen LogP) is 6.18. The molecule has 4 nitrogen and oxygen atoms in total. The number of carbonyl (C=O) groups excluding carboxylic acids is 1. The molecule has 0 radical (unpaired) electrons. The topological polar surface area (TPSA) is 51.2 Å². The lowest BCUT2D eigenvalue weighted by Gasteiger charge is -2.08. The van der Waals surface area contributed by atoms with Crippen LogP contribution in [0.4, 0.5) is 5.13 Å². The van der Waals surface area contributed by atoms with Crippen LogP contribution in [0.15, 0.2) is 48.7 Å². The molecule has 1 amide bonds. The molecule has 0 bridgehead atoms. The van der Waals surface area contributed by atoms with E-state index in [1.165, 1.54) is 16.9 Å². The van der Waals surface area contributed by atoms with E-state index in [0.717, 1.165) is 10.4 Å². The van der Waals surface area contributed by atoms with Crippen molar-refractivity contribution in [1.29, 1.82) is 0 Å². The molecule has 28 heavy (non-hydrogen) atoms. The fourth-order valence-corrected chi connectivity index (χ4v) is 3.81. The summed E-state index contributed by atoms with van der Waals surface area (Å²) >= 11 is 13.7. The molecule has 3 aromatic rings. The second-order valence-electron chi connectivity index (χ2n) is 6.58. The molecule has 0 atom stereocenters. The van der Waals surface area contributed by atoms with Gasteiger partial charge in [-0.15, -0.1) is 11.3 Å². The lowest BCUT2D eigenvalue weighted by molar-refractivity contribution is -0.118. The van der Waals surface area contributed by atoms with E-state index in [2.05, 4.69) is 24.1 Å². The summed E-state index contributed by atoms with van der Waals surface area (Å²) in [6.45, 7) is 4.19. The maximum absolute atomic E-state index is 12.1. The molecule has 2 aromatic carbocycles. The number of thiazole rings is 1. The van der Waals surface area contributed by atoms with Gasteiger partial charge in [-0.25, -0.2) is 4.98 Å². The Balaban J connectivity index is 1.53. The number of anilines is 1. The summed E-state index contributed by atoms with van der Waals surface area (Å²) in [6.07, 6.45) is 2.33. The average Bonchev–Trinajstić information content (AvgIpc) is 3.11. The van der Waals surface area contributed by atoms with E-state index >= 15 is 0 Å². The molecule has 1 aromatic heterocycles. The SMILES string of the molecule is CC(C)c1ccc(OCC(=O)Nc2ncc(Cc3cccc(Cl)c3Cl)s2)cc1. The third-order valence-electron chi connectivity index (χ3n) is 4.11. The molecule has 0 saturated carbocycles. The van der Waals surface area contributed by atoms with Crippen molar-refractivity contribution in [2.24, 2.45) is 0 Å². The Morgan fingerprint density at radius 1 is 1.18 bits per heavy atom. The molecule has 0 aliphatic rings. The minimum absolute atomic E-state index is 0.0734. The van der Waals surface area contributed by atoms with Gasteiger partial charge in [0.05, 0.1) is 10.0 Å². The van der Waals surface area contributed by atoms with Crippen LogP contribution >= 0.6 is 34.5 Å². The first-order chi connectivity index (χ1) is 13.4. The molecule has 146 valence electrons. The number of halogens is 2. The minimum Gasteiger partial charge on any atom is -0.484 e. The number of hydrogen-bond donors (Lipinski definition) is 1. The molecular formula is C21H20Cl2N2O2S. The van der Waals surface area contributed by atoms with E-state index in [1.807, 2.05) is 36.4 Å². The zero-order valence-electron chi connectivity index (χ0n) is 15.5. The number of nitrogens with zero attached hydrogens (tertiary/aromatic N) is 1. The first kappa shape index (κ1) is 20.6. The van der Waals surface area contributed by atoms with Crippen molar-refractivity contribution in [3.05, 3.63) is 74.7 Å². The summed E-state index contributed by atoms with van der Waals surface area (Å²) in [5, 5.41) is 4.35. The summed E-state index contributed by atoms with van der Waals surface area (Å²) in [5.74, 6) is 0.864. The molecule has 0 saturated heterocycles. The average molecular weight is 435 g/mol. The minimum atomic E-state index is -0.255. The van der Waals surface area contributed by atoms with Crippen molar-refractivity contribution in [1.82, 2.24) is 4.98 Å². The van der Waals surface area contributed by atoms with Gasteiger partial charge in [-0.3, -0.25) is 10.1 Å². The number of nitrogens with one attached hydrogen (secondary N) is 1. The van der Waals surface area contributed by atoms with E-state index in [4.69, 9.17) is 27.9 Å². The van der Waals surface area contributed by atoms with E-state index in [1.54, 1.807) is 12.3 Å². The number of hydrogen-bond acceptors (Lipinski definition) is 4. The number of rotatable bonds is 7. The van der Waals surface area contributed by atoms with Gasteiger partial charge in [0, 0.05) is 17.5 Å². The second kappa shape index (κ2) is 9.41. The fourth-order valence-electron chi connectivity index (χ4n) is 2.57. The highest BCUT2D eigenvalue weighted by Crippen LogP contribution is 2.29. The Morgan fingerprint density at radius 2 is 1.93 bits per heavy atom. The van der Waals surface area contributed by atoms with Crippen molar-refractivity contribution >= 4 is 45.6 Å². The maximum atomic E-state index is 12.1. The third kappa shape index (κ3) is 5.47. The van der Waals surface area contributed by atoms with Crippen LogP contribution in [0.1, 0.15) is 35.8 Å². The van der Waals surface area contributed by atoms with Gasteiger partial charge in [0.1, 0.15) is 5.75 Å². The van der Waals surface area contributed by atoms with Crippen molar-refractivity contribution < 1.29 is 9.53 Å². The van der Waals surface area contributed by atoms with Gasteiger partial charge in [0.25, 0.3) is 5.91 Å². The molecule has 0 spiro atoms. The molecular weight excluding hydrogens is 415 g/mol. The van der Waals surface area contributed by atoms with Crippen molar-refractivity contribution in [2.75, 3.05) is 11.9 Å². The van der Waals surface area contributed by atoms with Gasteiger partial charge in [-0.05, 0) is 35.2 Å². The van der Waals surface area contributed by atoms with Crippen LogP contribution in [-0.4, -0.2) is 17.5 Å². The van der Waals surface area contributed by atoms with Crippen LogP contribution in [0.2, 0.25) is 10.0 Å². The Kier molecular flexibility index (Phi) is 6.94. The highest BCUT2D eigenvalue weighted by atomic mass is 35.5. The lowest BCUT2D eigenvalue weighted by atomic mass is 10.0. The molecule has 1 heterocycles. The summed E-state index contributed by atoms with van der Waals surface area (Å²) in [6, 6.07) is 13.3. The van der Waals surface area contributed by atoms with Crippen molar-refractivity contribution in [3.63, 3.8) is 0 Å². The zero-order valence-corrected chi connectivity index (χ0v) is 17.9. The monoisotopic (exact) mass is 434 g/mol. The Morgan fingerprint density at radius 3 is 2.64 bits per heavy atom. The lowest BCUT2D eigenvalue weighted by Crippen LogP contribution is -2.19. The number of aromatic nitrogens is 1. The molecule has 7 heteroatoms. The van der Waals surface area contributed by atoms with Crippen LogP contribution in [0, 0.1) is 0 Å². The van der Waals surface area contributed by atoms with Gasteiger partial charge in [0.15, 0.2) is 11.7 Å². The van der Waals surface area contributed by atoms with E-state index in [9.17, 15) is 4.79 Å². The largest absolute Gasteiger partial charge is 0.484 e. The highest BCUT2D eigenvalue weighted by Gasteiger charge is 2.11. The van der Waals surface area contributed by atoms with E-state index in [-0.39, 0.29) is 12.5 Å². The van der Waals surface area contributed by atoms with E-state index in [0.29, 0.717) is 33.3 Å².